The molecule has 0 radical (unpaired) electrons. The summed E-state index contributed by atoms with van der Waals surface area (Å²) in [4.78, 5) is 31.5. The van der Waals surface area contributed by atoms with Crippen molar-refractivity contribution >= 4 is 23.2 Å². The number of benzene rings is 2. The number of aromatic nitrogens is 1. The molecule has 0 saturated heterocycles. The van der Waals surface area contributed by atoms with Crippen molar-refractivity contribution in [1.82, 2.24) is 15.2 Å². The lowest BCUT2D eigenvalue weighted by molar-refractivity contribution is 0.0661. The number of nitrogens with zero attached hydrogens (tertiary/aromatic N) is 2. The van der Waals surface area contributed by atoms with E-state index in [0.717, 1.165) is 22.6 Å². The molecule has 178 valence electrons. The van der Waals surface area contributed by atoms with Crippen molar-refractivity contribution < 1.29 is 18.7 Å². The SMILES string of the molecule is CCNC(=O)c1csc(COc2ccc3c(c2)[C@@H](c2ccccc2)N(C(=O)c2ccco2)CC3)n1. The first-order chi connectivity index (χ1) is 17.1. The molecule has 35 heavy (non-hydrogen) atoms. The summed E-state index contributed by atoms with van der Waals surface area (Å²) < 4.78 is 11.5. The lowest BCUT2D eigenvalue weighted by atomic mass is 9.87. The Bertz CT molecular complexity index is 1320. The summed E-state index contributed by atoms with van der Waals surface area (Å²) in [7, 11) is 0. The Labute approximate surface area is 207 Å². The molecule has 1 N–H and O–H groups in total. The van der Waals surface area contributed by atoms with Crippen LogP contribution in [0.1, 0.15) is 55.7 Å². The van der Waals surface area contributed by atoms with Crippen molar-refractivity contribution in [3.05, 3.63) is 105 Å². The van der Waals surface area contributed by atoms with Gasteiger partial charge in [0.25, 0.3) is 11.8 Å². The molecule has 0 spiro atoms. The molecule has 2 amide bonds. The molecule has 1 atom stereocenters. The van der Waals surface area contributed by atoms with Crippen LogP contribution in [0.4, 0.5) is 0 Å². The van der Waals surface area contributed by atoms with Gasteiger partial charge in [-0.1, -0.05) is 36.4 Å². The molecule has 5 rings (SSSR count). The molecule has 0 fully saturated rings. The summed E-state index contributed by atoms with van der Waals surface area (Å²) in [6.07, 6.45) is 2.26. The summed E-state index contributed by atoms with van der Waals surface area (Å²) in [5.74, 6) is 0.692. The lowest BCUT2D eigenvalue weighted by Crippen LogP contribution is -2.40. The van der Waals surface area contributed by atoms with E-state index in [1.807, 2.05) is 54.3 Å². The Morgan fingerprint density at radius 3 is 2.80 bits per heavy atom. The highest BCUT2D eigenvalue weighted by molar-refractivity contribution is 7.09. The fourth-order valence-electron chi connectivity index (χ4n) is 4.32. The minimum absolute atomic E-state index is 0.138. The Hall–Kier alpha value is -3.91. The van der Waals surface area contributed by atoms with Gasteiger partial charge in [0.05, 0.1) is 12.3 Å². The van der Waals surface area contributed by atoms with Gasteiger partial charge in [0, 0.05) is 18.5 Å². The summed E-state index contributed by atoms with van der Waals surface area (Å²) in [5, 5.41) is 5.21. The fraction of sp³-hybridized carbons (Fsp3) is 0.222. The second-order valence-electron chi connectivity index (χ2n) is 8.17. The van der Waals surface area contributed by atoms with Crippen molar-refractivity contribution in [1.29, 1.82) is 0 Å². The fourth-order valence-corrected chi connectivity index (χ4v) is 5.00. The van der Waals surface area contributed by atoms with E-state index in [2.05, 4.69) is 16.4 Å². The van der Waals surface area contributed by atoms with Gasteiger partial charge in [0.1, 0.15) is 23.1 Å². The molecule has 0 saturated carbocycles. The Morgan fingerprint density at radius 2 is 2.03 bits per heavy atom. The molecule has 4 aromatic rings. The number of carbonyl (C=O) groups is 2. The third kappa shape index (κ3) is 4.83. The van der Waals surface area contributed by atoms with Gasteiger partial charge >= 0.3 is 0 Å². The molecule has 1 aliphatic heterocycles. The van der Waals surface area contributed by atoms with Crippen molar-refractivity contribution in [2.75, 3.05) is 13.1 Å². The zero-order chi connectivity index (χ0) is 24.2. The van der Waals surface area contributed by atoms with Gasteiger partial charge in [-0.3, -0.25) is 9.59 Å². The minimum atomic E-state index is -0.259. The number of nitrogens with one attached hydrogen (secondary N) is 1. The van der Waals surface area contributed by atoms with Crippen molar-refractivity contribution in [2.45, 2.75) is 26.0 Å². The number of thiazole rings is 1. The molecule has 3 heterocycles. The van der Waals surface area contributed by atoms with E-state index in [9.17, 15) is 9.59 Å². The highest BCUT2D eigenvalue weighted by Gasteiger charge is 2.34. The Morgan fingerprint density at radius 1 is 1.17 bits per heavy atom. The van der Waals surface area contributed by atoms with E-state index >= 15 is 0 Å². The summed E-state index contributed by atoms with van der Waals surface area (Å²) >= 11 is 1.39. The number of rotatable bonds is 7. The smallest absolute Gasteiger partial charge is 0.290 e. The van der Waals surface area contributed by atoms with Gasteiger partial charge < -0.3 is 19.4 Å². The number of hydrogen-bond donors (Lipinski definition) is 1. The van der Waals surface area contributed by atoms with Crippen LogP contribution in [0.3, 0.4) is 0 Å². The topological polar surface area (TPSA) is 84.7 Å². The largest absolute Gasteiger partial charge is 0.486 e. The second kappa shape index (κ2) is 10.1. The van der Waals surface area contributed by atoms with Gasteiger partial charge in [-0.25, -0.2) is 4.98 Å². The summed E-state index contributed by atoms with van der Waals surface area (Å²) in [6.45, 7) is 3.28. The Balaban J connectivity index is 1.41. The zero-order valence-corrected chi connectivity index (χ0v) is 20.1. The first-order valence-electron chi connectivity index (χ1n) is 11.5. The van der Waals surface area contributed by atoms with Crippen molar-refractivity contribution in [3.8, 4) is 5.75 Å². The average Bonchev–Trinajstić information content (AvgIpc) is 3.60. The van der Waals surface area contributed by atoms with E-state index in [-0.39, 0.29) is 24.5 Å². The second-order valence-corrected chi connectivity index (χ2v) is 9.12. The van der Waals surface area contributed by atoms with Crippen LogP contribution in [0.2, 0.25) is 0 Å². The van der Waals surface area contributed by atoms with Crippen LogP contribution in [0.25, 0.3) is 0 Å². The molecule has 2 aromatic heterocycles. The van der Waals surface area contributed by atoms with E-state index in [1.165, 1.54) is 23.2 Å². The summed E-state index contributed by atoms with van der Waals surface area (Å²) in [5.41, 5.74) is 3.64. The third-order valence-corrected chi connectivity index (χ3v) is 6.76. The van der Waals surface area contributed by atoms with Gasteiger partial charge in [0.2, 0.25) is 0 Å². The van der Waals surface area contributed by atoms with Crippen molar-refractivity contribution in [2.24, 2.45) is 0 Å². The molecular weight excluding hydrogens is 462 g/mol. The van der Waals surface area contributed by atoms with Gasteiger partial charge in [-0.15, -0.1) is 11.3 Å². The average molecular weight is 488 g/mol. The molecular formula is C27H25N3O4S. The molecule has 2 aromatic carbocycles. The minimum Gasteiger partial charge on any atom is -0.486 e. The maximum atomic E-state index is 13.3. The normalized spacial score (nSPS) is 14.9. The number of fused-ring (bicyclic) bond motifs is 1. The quantitative estimate of drug-likeness (QED) is 0.403. The van der Waals surface area contributed by atoms with Crippen LogP contribution in [0.5, 0.6) is 5.75 Å². The highest BCUT2D eigenvalue weighted by Crippen LogP contribution is 2.38. The standard InChI is InChI=1S/C27H25N3O4S/c1-2-28-26(31)22-17-35-24(29-22)16-34-20-11-10-18-12-13-30(27(32)23-9-6-14-33-23)25(21(18)15-20)19-7-4-3-5-8-19/h3-11,14-15,17,25H,2,12-13,16H2,1H3,(H,28,31)/t25-/m1/s1. The van der Waals surface area contributed by atoms with E-state index in [0.29, 0.717) is 30.3 Å². The first kappa shape index (κ1) is 22.9. The maximum Gasteiger partial charge on any atom is 0.290 e. The van der Waals surface area contributed by atoms with Crippen LogP contribution >= 0.6 is 11.3 Å². The summed E-state index contributed by atoms with van der Waals surface area (Å²) in [6, 6.07) is 19.2. The number of furan rings is 1. The van der Waals surface area contributed by atoms with Crippen LogP contribution in [-0.4, -0.2) is 34.8 Å². The molecule has 0 bridgehead atoms. The lowest BCUT2D eigenvalue weighted by Gasteiger charge is -2.37. The van der Waals surface area contributed by atoms with Crippen LogP contribution in [0, 0.1) is 0 Å². The van der Waals surface area contributed by atoms with E-state index in [4.69, 9.17) is 9.15 Å². The first-order valence-corrected chi connectivity index (χ1v) is 12.4. The van der Waals surface area contributed by atoms with Gasteiger partial charge in [0.15, 0.2) is 5.76 Å². The molecule has 7 nitrogen and oxygen atoms in total. The number of ether oxygens (including phenoxy) is 1. The van der Waals surface area contributed by atoms with E-state index < -0.39 is 0 Å². The number of hydrogen-bond acceptors (Lipinski definition) is 6. The van der Waals surface area contributed by atoms with E-state index in [1.54, 1.807) is 17.5 Å². The van der Waals surface area contributed by atoms with Gasteiger partial charge in [-0.05, 0) is 54.3 Å². The van der Waals surface area contributed by atoms with Crippen LogP contribution in [-0.2, 0) is 13.0 Å². The predicted molar refractivity (Wildman–Crippen MR) is 133 cm³/mol. The molecule has 0 unspecified atom stereocenters. The molecule has 0 aliphatic carbocycles. The van der Waals surface area contributed by atoms with Crippen LogP contribution < -0.4 is 10.1 Å². The number of amides is 2. The highest BCUT2D eigenvalue weighted by atomic mass is 32.1. The number of carbonyl (C=O) groups excluding carboxylic acids is 2. The predicted octanol–water partition coefficient (Wildman–Crippen LogP) is 4.85. The molecule has 8 heteroatoms. The van der Waals surface area contributed by atoms with Gasteiger partial charge in [-0.2, -0.15) is 0 Å². The third-order valence-electron chi connectivity index (χ3n) is 5.94. The Kier molecular flexibility index (Phi) is 6.63. The van der Waals surface area contributed by atoms with Crippen LogP contribution in [0.15, 0.2) is 76.7 Å². The zero-order valence-electron chi connectivity index (χ0n) is 19.3. The van der Waals surface area contributed by atoms with Crippen molar-refractivity contribution in [3.63, 3.8) is 0 Å². The maximum absolute atomic E-state index is 13.3. The monoisotopic (exact) mass is 487 g/mol. The molecule has 1 aliphatic rings.